The van der Waals surface area contributed by atoms with Crippen LogP contribution in [0.2, 0.25) is 0 Å². The third-order valence-corrected chi connectivity index (χ3v) is 5.09. The molecule has 136 valence electrons. The lowest BCUT2D eigenvalue weighted by Gasteiger charge is -2.29. The van der Waals surface area contributed by atoms with Crippen molar-refractivity contribution in [2.45, 2.75) is 12.8 Å². The Morgan fingerprint density at radius 1 is 1.00 bits per heavy atom. The van der Waals surface area contributed by atoms with Gasteiger partial charge in [-0.2, -0.15) is 0 Å². The first-order valence-electron chi connectivity index (χ1n) is 9.03. The van der Waals surface area contributed by atoms with Crippen LogP contribution in [-0.4, -0.2) is 54.4 Å². The fourth-order valence-corrected chi connectivity index (χ4v) is 3.65. The van der Waals surface area contributed by atoms with E-state index in [1.807, 2.05) is 29.2 Å². The summed E-state index contributed by atoms with van der Waals surface area (Å²) in [4.78, 5) is 29.1. The van der Waals surface area contributed by atoms with Gasteiger partial charge in [0.25, 0.3) is 5.91 Å². The van der Waals surface area contributed by atoms with Crippen LogP contribution in [-0.2, 0) is 11.2 Å². The van der Waals surface area contributed by atoms with Crippen LogP contribution in [0, 0.1) is 5.92 Å². The highest BCUT2D eigenvalue weighted by molar-refractivity contribution is 5.93. The number of ether oxygens (including phenoxy) is 1. The van der Waals surface area contributed by atoms with Gasteiger partial charge in [-0.3, -0.25) is 9.59 Å². The highest BCUT2D eigenvalue weighted by Gasteiger charge is 2.31. The number of carbonyl (C=O) groups excluding carboxylic acids is 2. The molecular formula is C20H22N2O4. The second-order valence-electron chi connectivity index (χ2n) is 6.80. The van der Waals surface area contributed by atoms with Crippen molar-refractivity contribution in [2.24, 2.45) is 5.92 Å². The summed E-state index contributed by atoms with van der Waals surface area (Å²) in [6, 6.07) is 9.55. The van der Waals surface area contributed by atoms with E-state index in [4.69, 9.17) is 9.15 Å². The highest BCUT2D eigenvalue weighted by Crippen LogP contribution is 2.28. The minimum absolute atomic E-state index is 0.0389. The molecule has 0 spiro atoms. The number of fused-ring (bicyclic) bond motifs is 1. The summed E-state index contributed by atoms with van der Waals surface area (Å²) in [5.74, 6) is 0.811. The molecule has 1 aromatic carbocycles. The summed E-state index contributed by atoms with van der Waals surface area (Å²) in [6.45, 7) is 2.84. The number of rotatable bonds is 2. The minimum Gasteiger partial charge on any atom is -0.492 e. The lowest BCUT2D eigenvalue weighted by molar-refractivity contribution is -0.136. The van der Waals surface area contributed by atoms with Gasteiger partial charge < -0.3 is 19.0 Å². The summed E-state index contributed by atoms with van der Waals surface area (Å²) < 4.78 is 10.8. The smallest absolute Gasteiger partial charge is 0.257 e. The van der Waals surface area contributed by atoms with Crippen LogP contribution in [0.1, 0.15) is 22.3 Å². The molecule has 3 heterocycles. The van der Waals surface area contributed by atoms with Crippen molar-refractivity contribution in [1.29, 1.82) is 0 Å². The predicted molar refractivity (Wildman–Crippen MR) is 94.9 cm³/mol. The quantitative estimate of drug-likeness (QED) is 0.829. The van der Waals surface area contributed by atoms with Crippen molar-refractivity contribution in [2.75, 3.05) is 32.8 Å². The SMILES string of the molecule is O=C(c1ccoc1)N1CCCN(C(=O)[C@@H]2COc3ccccc3C2)CC1. The molecule has 0 unspecified atom stereocenters. The van der Waals surface area contributed by atoms with Gasteiger partial charge in [-0.25, -0.2) is 0 Å². The van der Waals surface area contributed by atoms with Gasteiger partial charge in [0.15, 0.2) is 0 Å². The van der Waals surface area contributed by atoms with E-state index in [9.17, 15) is 9.59 Å². The van der Waals surface area contributed by atoms with Gasteiger partial charge in [0.05, 0.1) is 17.7 Å². The van der Waals surface area contributed by atoms with Crippen molar-refractivity contribution in [1.82, 2.24) is 9.80 Å². The van der Waals surface area contributed by atoms with E-state index < -0.39 is 0 Å². The van der Waals surface area contributed by atoms with E-state index in [1.165, 1.54) is 12.5 Å². The van der Waals surface area contributed by atoms with E-state index in [0.717, 1.165) is 17.7 Å². The number of para-hydroxylation sites is 1. The monoisotopic (exact) mass is 354 g/mol. The molecular weight excluding hydrogens is 332 g/mol. The normalized spacial score (nSPS) is 20.1. The van der Waals surface area contributed by atoms with Gasteiger partial charge in [0.2, 0.25) is 5.91 Å². The molecule has 2 aromatic rings. The Morgan fingerprint density at radius 2 is 1.81 bits per heavy atom. The number of nitrogens with zero attached hydrogens (tertiary/aromatic N) is 2. The van der Waals surface area contributed by atoms with Gasteiger partial charge in [-0.05, 0) is 30.5 Å². The first-order valence-corrected chi connectivity index (χ1v) is 9.03. The molecule has 0 radical (unpaired) electrons. The van der Waals surface area contributed by atoms with Crippen LogP contribution in [0.4, 0.5) is 0 Å². The largest absolute Gasteiger partial charge is 0.492 e. The zero-order valence-electron chi connectivity index (χ0n) is 14.6. The zero-order chi connectivity index (χ0) is 17.9. The van der Waals surface area contributed by atoms with E-state index >= 15 is 0 Å². The highest BCUT2D eigenvalue weighted by atomic mass is 16.5. The summed E-state index contributed by atoms with van der Waals surface area (Å²) in [7, 11) is 0. The Labute approximate surface area is 152 Å². The third-order valence-electron chi connectivity index (χ3n) is 5.09. The average molecular weight is 354 g/mol. The minimum atomic E-state index is -0.152. The zero-order valence-corrected chi connectivity index (χ0v) is 14.6. The Kier molecular flexibility index (Phi) is 4.65. The van der Waals surface area contributed by atoms with E-state index in [0.29, 0.717) is 44.8 Å². The summed E-state index contributed by atoms with van der Waals surface area (Å²) >= 11 is 0. The molecule has 2 aliphatic heterocycles. The molecule has 1 saturated heterocycles. The van der Waals surface area contributed by atoms with Crippen LogP contribution < -0.4 is 4.74 Å². The number of hydrogen-bond acceptors (Lipinski definition) is 4. The van der Waals surface area contributed by atoms with Gasteiger partial charge in [-0.1, -0.05) is 18.2 Å². The molecule has 6 nitrogen and oxygen atoms in total. The number of benzene rings is 1. The van der Waals surface area contributed by atoms with Crippen molar-refractivity contribution >= 4 is 11.8 Å². The van der Waals surface area contributed by atoms with E-state index in [1.54, 1.807) is 11.0 Å². The van der Waals surface area contributed by atoms with Crippen molar-refractivity contribution in [3.05, 3.63) is 54.0 Å². The van der Waals surface area contributed by atoms with Gasteiger partial charge >= 0.3 is 0 Å². The number of carbonyl (C=O) groups is 2. The number of hydrogen-bond donors (Lipinski definition) is 0. The molecule has 2 amide bonds. The van der Waals surface area contributed by atoms with Crippen LogP contribution in [0.3, 0.4) is 0 Å². The van der Waals surface area contributed by atoms with Crippen molar-refractivity contribution in [3.63, 3.8) is 0 Å². The van der Waals surface area contributed by atoms with Gasteiger partial charge in [0, 0.05) is 26.2 Å². The Balaban J connectivity index is 1.38. The molecule has 0 aliphatic carbocycles. The van der Waals surface area contributed by atoms with Crippen molar-refractivity contribution < 1.29 is 18.7 Å². The summed E-state index contributed by atoms with van der Waals surface area (Å²) in [5, 5.41) is 0. The fourth-order valence-electron chi connectivity index (χ4n) is 3.65. The molecule has 6 heteroatoms. The maximum atomic E-state index is 12.9. The maximum absolute atomic E-state index is 12.9. The molecule has 0 N–H and O–H groups in total. The fraction of sp³-hybridized carbons (Fsp3) is 0.400. The topological polar surface area (TPSA) is 63.0 Å². The standard InChI is InChI=1S/C20H22N2O4/c23-19(16-6-11-25-13-16)21-7-3-8-22(10-9-21)20(24)17-12-15-4-1-2-5-18(15)26-14-17/h1-2,4-6,11,13,17H,3,7-10,12,14H2/t17-/m0/s1. The molecule has 1 aromatic heterocycles. The lowest BCUT2D eigenvalue weighted by atomic mass is 9.95. The third kappa shape index (κ3) is 3.31. The van der Waals surface area contributed by atoms with E-state index in [2.05, 4.69) is 0 Å². The summed E-state index contributed by atoms with van der Waals surface area (Å²) in [6.07, 6.45) is 4.46. The number of furan rings is 1. The lowest BCUT2D eigenvalue weighted by Crippen LogP contribution is -2.43. The molecule has 0 saturated carbocycles. The Morgan fingerprint density at radius 3 is 2.65 bits per heavy atom. The molecule has 2 aliphatic rings. The Hall–Kier alpha value is -2.76. The second-order valence-corrected chi connectivity index (χ2v) is 6.80. The van der Waals surface area contributed by atoms with Crippen LogP contribution in [0.5, 0.6) is 5.75 Å². The van der Waals surface area contributed by atoms with Crippen LogP contribution >= 0.6 is 0 Å². The number of amides is 2. The summed E-state index contributed by atoms with van der Waals surface area (Å²) in [5.41, 5.74) is 1.64. The Bertz CT molecular complexity index is 787. The molecule has 26 heavy (non-hydrogen) atoms. The maximum Gasteiger partial charge on any atom is 0.257 e. The van der Waals surface area contributed by atoms with Gasteiger partial charge in [-0.15, -0.1) is 0 Å². The molecule has 1 atom stereocenters. The average Bonchev–Trinajstić information content (AvgIpc) is 3.11. The van der Waals surface area contributed by atoms with Crippen LogP contribution in [0.25, 0.3) is 0 Å². The molecule has 1 fully saturated rings. The van der Waals surface area contributed by atoms with Crippen LogP contribution in [0.15, 0.2) is 47.3 Å². The predicted octanol–water partition coefficient (Wildman–Crippen LogP) is 2.21. The van der Waals surface area contributed by atoms with E-state index in [-0.39, 0.29) is 17.7 Å². The first-order chi connectivity index (χ1) is 12.7. The second kappa shape index (κ2) is 7.23. The molecule has 0 bridgehead atoms. The van der Waals surface area contributed by atoms with Gasteiger partial charge in [0.1, 0.15) is 18.6 Å². The molecule has 4 rings (SSSR count). The first kappa shape index (κ1) is 16.7. The van der Waals surface area contributed by atoms with Crippen molar-refractivity contribution in [3.8, 4) is 5.75 Å².